The van der Waals surface area contributed by atoms with Crippen molar-refractivity contribution in [3.8, 4) is 22.7 Å². The lowest BCUT2D eigenvalue weighted by atomic mass is 9.96. The fourth-order valence-corrected chi connectivity index (χ4v) is 7.67. The molecule has 0 spiro atoms. The number of benzene rings is 4. The highest BCUT2D eigenvalue weighted by molar-refractivity contribution is 7.98. The number of ether oxygens (including phenoxy) is 2. The summed E-state index contributed by atoms with van der Waals surface area (Å²) in [6.07, 6.45) is 6.75. The van der Waals surface area contributed by atoms with Gasteiger partial charge < -0.3 is 9.47 Å². The Hall–Kier alpha value is -5.45. The molecule has 0 fully saturated rings. The van der Waals surface area contributed by atoms with E-state index in [-0.39, 0.29) is 12.2 Å². The van der Waals surface area contributed by atoms with Crippen molar-refractivity contribution in [3.05, 3.63) is 163 Å². The van der Waals surface area contributed by atoms with Gasteiger partial charge in [-0.1, -0.05) is 78.9 Å². The van der Waals surface area contributed by atoms with Crippen LogP contribution in [0, 0.1) is 6.92 Å². The van der Waals surface area contributed by atoms with Crippen LogP contribution in [0.3, 0.4) is 0 Å². The van der Waals surface area contributed by atoms with E-state index in [9.17, 15) is 9.59 Å². The van der Waals surface area contributed by atoms with Crippen molar-refractivity contribution >= 4 is 35.1 Å². The average Bonchev–Trinajstić information content (AvgIpc) is 3.73. The van der Waals surface area contributed by atoms with E-state index in [2.05, 4.69) is 13.0 Å². The molecular weight excluding hydrogens is 689 g/mol. The largest absolute Gasteiger partial charge is 0.493 e. The molecule has 1 aliphatic heterocycles. The smallest absolute Gasteiger partial charge is 0.338 e. The molecule has 0 radical (unpaired) electrons. The second-order valence-electron chi connectivity index (χ2n) is 12.5. The minimum atomic E-state index is -0.720. The number of hydrogen-bond acceptors (Lipinski definition) is 8. The van der Waals surface area contributed by atoms with Crippen LogP contribution in [0.25, 0.3) is 23.0 Å². The summed E-state index contributed by atoms with van der Waals surface area (Å²) in [5.74, 6) is 0.327. The van der Waals surface area contributed by atoms with Crippen molar-refractivity contribution in [3.63, 3.8) is 0 Å². The van der Waals surface area contributed by atoms with E-state index in [1.807, 2.05) is 127 Å². The number of para-hydroxylation sites is 1. The molecule has 1 unspecified atom stereocenters. The van der Waals surface area contributed by atoms with Crippen LogP contribution in [-0.4, -0.2) is 33.2 Å². The Balaban J connectivity index is 1.35. The summed E-state index contributed by atoms with van der Waals surface area (Å²) >= 11 is 2.92. The number of carbonyl (C=O) groups is 1. The first-order chi connectivity index (χ1) is 25.3. The van der Waals surface area contributed by atoms with Gasteiger partial charge in [0.25, 0.3) is 5.56 Å². The standard InChI is InChI=1S/C42H38N4O4S2/c1-5-22-49-35-21-18-31(23-27(35)2)38-32(25-45(44-38)33-14-10-7-11-15-33)24-36-40(47)46-39(30-16-19-34(51-4)20-17-30)37(28(3)43-42(46)52-36)41(48)50-26-29-12-8-6-9-13-29/h6-21,23-25,39H,5,22,26H2,1-4H3. The van der Waals surface area contributed by atoms with Gasteiger partial charge in [-0.25, -0.2) is 14.5 Å². The number of nitrogens with zero attached hydrogens (tertiary/aromatic N) is 4. The summed E-state index contributed by atoms with van der Waals surface area (Å²) in [5.41, 5.74) is 6.58. The Labute approximate surface area is 310 Å². The van der Waals surface area contributed by atoms with Crippen LogP contribution in [0.4, 0.5) is 0 Å². The highest BCUT2D eigenvalue weighted by Crippen LogP contribution is 2.33. The van der Waals surface area contributed by atoms with Gasteiger partial charge in [0.05, 0.1) is 34.1 Å². The van der Waals surface area contributed by atoms with E-state index in [1.54, 1.807) is 23.3 Å². The third-order valence-corrected chi connectivity index (χ3v) is 10.6. The Bertz CT molecular complexity index is 2450. The molecule has 2 aromatic heterocycles. The summed E-state index contributed by atoms with van der Waals surface area (Å²) in [4.78, 5) is 34.8. The van der Waals surface area contributed by atoms with Gasteiger partial charge >= 0.3 is 5.97 Å². The average molecular weight is 727 g/mol. The maximum Gasteiger partial charge on any atom is 0.338 e. The van der Waals surface area contributed by atoms with E-state index in [0.29, 0.717) is 27.2 Å². The summed E-state index contributed by atoms with van der Waals surface area (Å²) in [7, 11) is 0. The molecule has 10 heteroatoms. The molecular formula is C42H38N4O4S2. The Kier molecular flexibility index (Phi) is 10.4. The second kappa shape index (κ2) is 15.4. The zero-order valence-corrected chi connectivity index (χ0v) is 31.0. The number of carbonyl (C=O) groups excluding carboxylic acids is 1. The fourth-order valence-electron chi connectivity index (χ4n) is 6.23. The van der Waals surface area contributed by atoms with Crippen molar-refractivity contribution in [2.45, 2.75) is 44.7 Å². The molecule has 1 atom stereocenters. The van der Waals surface area contributed by atoms with Crippen LogP contribution in [0.2, 0.25) is 0 Å². The summed E-state index contributed by atoms with van der Waals surface area (Å²) < 4.78 is 15.7. The monoisotopic (exact) mass is 726 g/mol. The zero-order valence-electron chi connectivity index (χ0n) is 29.4. The van der Waals surface area contributed by atoms with Crippen LogP contribution in [-0.2, 0) is 16.1 Å². The number of esters is 1. The molecule has 7 rings (SSSR count). The maximum absolute atomic E-state index is 14.6. The number of thioether (sulfide) groups is 1. The number of aromatic nitrogens is 3. The minimum absolute atomic E-state index is 0.109. The lowest BCUT2D eigenvalue weighted by Crippen LogP contribution is -2.39. The molecule has 0 aliphatic carbocycles. The quantitative estimate of drug-likeness (QED) is 0.101. The maximum atomic E-state index is 14.6. The lowest BCUT2D eigenvalue weighted by Gasteiger charge is -2.25. The predicted molar refractivity (Wildman–Crippen MR) is 208 cm³/mol. The molecule has 8 nitrogen and oxygen atoms in total. The molecule has 262 valence electrons. The van der Waals surface area contributed by atoms with Crippen LogP contribution in [0.15, 0.2) is 135 Å². The van der Waals surface area contributed by atoms with Crippen molar-refractivity contribution in [2.24, 2.45) is 4.99 Å². The first-order valence-electron chi connectivity index (χ1n) is 17.1. The van der Waals surface area contributed by atoms with Gasteiger partial charge in [-0.2, -0.15) is 5.10 Å². The highest BCUT2D eigenvalue weighted by atomic mass is 32.2. The van der Waals surface area contributed by atoms with Gasteiger partial charge in [-0.3, -0.25) is 9.36 Å². The van der Waals surface area contributed by atoms with E-state index in [1.165, 1.54) is 11.3 Å². The normalized spacial score (nSPS) is 14.2. The second-order valence-corrected chi connectivity index (χ2v) is 14.3. The molecule has 3 heterocycles. The van der Waals surface area contributed by atoms with Gasteiger partial charge in [-0.05, 0) is 91.8 Å². The number of thiazole rings is 1. The Morgan fingerprint density at radius 3 is 2.38 bits per heavy atom. The molecule has 4 aromatic carbocycles. The number of hydrogen-bond donors (Lipinski definition) is 0. The van der Waals surface area contributed by atoms with E-state index in [4.69, 9.17) is 19.6 Å². The Morgan fingerprint density at radius 2 is 1.69 bits per heavy atom. The third-order valence-electron chi connectivity index (χ3n) is 8.85. The zero-order chi connectivity index (χ0) is 36.2. The summed E-state index contributed by atoms with van der Waals surface area (Å²) in [6.45, 7) is 6.66. The topological polar surface area (TPSA) is 87.7 Å². The van der Waals surface area contributed by atoms with Crippen molar-refractivity contribution in [1.82, 2.24) is 14.3 Å². The van der Waals surface area contributed by atoms with Crippen molar-refractivity contribution < 1.29 is 14.3 Å². The van der Waals surface area contributed by atoms with E-state index >= 15 is 0 Å². The SMILES string of the molecule is CCCOc1ccc(-c2nn(-c3ccccc3)cc2C=c2sc3n(c2=O)C(c2ccc(SC)cc2)C(C(=O)OCc2ccccc2)=C(C)N=3)cc1C. The third kappa shape index (κ3) is 7.17. The number of aryl methyl sites for hydroxylation is 1. The first-order valence-corrected chi connectivity index (χ1v) is 19.1. The molecule has 6 aromatic rings. The number of fused-ring (bicyclic) bond motifs is 1. The molecule has 0 saturated heterocycles. The molecule has 0 saturated carbocycles. The fraction of sp³-hybridized carbons (Fsp3) is 0.190. The minimum Gasteiger partial charge on any atom is -0.493 e. The van der Waals surface area contributed by atoms with E-state index < -0.39 is 12.0 Å². The van der Waals surface area contributed by atoms with Crippen molar-refractivity contribution in [1.29, 1.82) is 0 Å². The van der Waals surface area contributed by atoms with Crippen LogP contribution in [0.5, 0.6) is 5.75 Å². The lowest BCUT2D eigenvalue weighted by molar-refractivity contribution is -0.140. The van der Waals surface area contributed by atoms with Gasteiger partial charge in [0, 0.05) is 22.2 Å². The van der Waals surface area contributed by atoms with Gasteiger partial charge in [0.1, 0.15) is 18.1 Å². The van der Waals surface area contributed by atoms with Gasteiger partial charge in [0.2, 0.25) is 0 Å². The number of rotatable bonds is 11. The first kappa shape index (κ1) is 35.0. The summed E-state index contributed by atoms with van der Waals surface area (Å²) in [5, 5.41) is 5.01. The van der Waals surface area contributed by atoms with Gasteiger partial charge in [0.15, 0.2) is 4.80 Å². The molecule has 0 bridgehead atoms. The van der Waals surface area contributed by atoms with Crippen molar-refractivity contribution in [2.75, 3.05) is 12.9 Å². The highest BCUT2D eigenvalue weighted by Gasteiger charge is 2.33. The molecule has 0 N–H and O–H groups in total. The molecule has 52 heavy (non-hydrogen) atoms. The summed E-state index contributed by atoms with van der Waals surface area (Å²) in [6, 6.07) is 32.7. The molecule has 0 amide bonds. The van der Waals surface area contributed by atoms with Crippen LogP contribution >= 0.6 is 23.1 Å². The predicted octanol–water partition coefficient (Wildman–Crippen LogP) is 7.65. The van der Waals surface area contributed by atoms with Gasteiger partial charge in [-0.15, -0.1) is 11.8 Å². The molecule has 1 aliphatic rings. The van der Waals surface area contributed by atoms with E-state index in [0.717, 1.165) is 56.3 Å². The number of allylic oxidation sites excluding steroid dienone is 1. The Morgan fingerprint density at radius 1 is 0.962 bits per heavy atom. The van der Waals surface area contributed by atoms with Crippen LogP contribution in [0.1, 0.15) is 48.6 Å². The van der Waals surface area contributed by atoms with Crippen LogP contribution < -0.4 is 19.6 Å².